The molecular formula is C19H25N3O5S2. The van der Waals surface area contributed by atoms with Crippen molar-refractivity contribution in [2.45, 2.75) is 36.9 Å². The quantitative estimate of drug-likeness (QED) is 0.563. The van der Waals surface area contributed by atoms with Gasteiger partial charge in [0.05, 0.1) is 18.1 Å². The standard InChI is InChI=1S/C19H25N3O5S2/c1-13(20-28(2,23)24)14-5-7-15(8-6-14)27-16-9-10-17-18(12-16)29(25,26)21-19-4-3-11-22(17)19/h5-10,12-13,19-21,25-26H,3-4,11H2,1-2H3. The van der Waals surface area contributed by atoms with Gasteiger partial charge in [-0.05, 0) is 49.6 Å². The highest BCUT2D eigenvalue weighted by atomic mass is 32.3. The summed E-state index contributed by atoms with van der Waals surface area (Å²) >= 11 is 0. The largest absolute Gasteiger partial charge is 0.457 e. The zero-order valence-corrected chi connectivity index (χ0v) is 17.8. The summed E-state index contributed by atoms with van der Waals surface area (Å²) in [5, 5.41) is 0. The molecule has 4 rings (SSSR count). The molecule has 2 heterocycles. The summed E-state index contributed by atoms with van der Waals surface area (Å²) in [4.78, 5) is 2.60. The van der Waals surface area contributed by atoms with Crippen LogP contribution in [0.4, 0.5) is 5.69 Å². The number of sulfonamides is 1. The number of nitrogens with zero attached hydrogens (tertiary/aromatic N) is 1. The van der Waals surface area contributed by atoms with Crippen LogP contribution in [0.1, 0.15) is 31.4 Å². The van der Waals surface area contributed by atoms with E-state index in [2.05, 4.69) is 14.3 Å². The molecule has 1 saturated heterocycles. The first-order valence-corrected chi connectivity index (χ1v) is 12.8. The monoisotopic (exact) mass is 439 g/mol. The van der Waals surface area contributed by atoms with E-state index in [-0.39, 0.29) is 12.2 Å². The molecule has 2 aromatic carbocycles. The molecule has 0 radical (unpaired) electrons. The van der Waals surface area contributed by atoms with Crippen molar-refractivity contribution < 1.29 is 22.3 Å². The maximum Gasteiger partial charge on any atom is 0.209 e. The molecule has 10 heteroatoms. The van der Waals surface area contributed by atoms with Crippen molar-refractivity contribution in [2.24, 2.45) is 0 Å². The van der Waals surface area contributed by atoms with Crippen LogP contribution < -0.4 is 19.1 Å². The maximum absolute atomic E-state index is 11.4. The smallest absolute Gasteiger partial charge is 0.209 e. The van der Waals surface area contributed by atoms with E-state index in [4.69, 9.17) is 4.74 Å². The van der Waals surface area contributed by atoms with E-state index < -0.39 is 20.8 Å². The van der Waals surface area contributed by atoms with E-state index in [1.165, 1.54) is 0 Å². The summed E-state index contributed by atoms with van der Waals surface area (Å²) in [7, 11) is -6.38. The van der Waals surface area contributed by atoms with Gasteiger partial charge in [0.1, 0.15) is 16.4 Å². The normalized spacial score (nSPS) is 22.5. The molecule has 2 aliphatic heterocycles. The van der Waals surface area contributed by atoms with Gasteiger partial charge in [-0.2, -0.15) is 4.72 Å². The minimum Gasteiger partial charge on any atom is -0.457 e. The van der Waals surface area contributed by atoms with E-state index in [0.717, 1.165) is 36.9 Å². The highest BCUT2D eigenvalue weighted by Gasteiger charge is 2.38. The van der Waals surface area contributed by atoms with Gasteiger partial charge in [-0.1, -0.05) is 12.1 Å². The van der Waals surface area contributed by atoms with Gasteiger partial charge in [0, 0.05) is 18.7 Å². The molecule has 2 atom stereocenters. The van der Waals surface area contributed by atoms with Crippen molar-refractivity contribution in [1.29, 1.82) is 0 Å². The predicted octanol–water partition coefficient (Wildman–Crippen LogP) is 3.64. The van der Waals surface area contributed by atoms with Crippen LogP contribution in [0, 0.1) is 0 Å². The lowest BCUT2D eigenvalue weighted by Gasteiger charge is -2.46. The second-order valence-electron chi connectivity index (χ2n) is 7.43. The SMILES string of the molecule is CC(NS(C)(=O)=O)c1ccc(Oc2ccc3c(c2)S(O)(O)NC2CCCN32)cc1. The molecule has 4 N–H and O–H groups in total. The van der Waals surface area contributed by atoms with E-state index in [1.54, 1.807) is 37.3 Å². The molecular weight excluding hydrogens is 414 g/mol. The van der Waals surface area contributed by atoms with Gasteiger partial charge in [0.25, 0.3) is 0 Å². The van der Waals surface area contributed by atoms with Gasteiger partial charge in [-0.3, -0.25) is 9.11 Å². The Kier molecular flexibility index (Phi) is 5.26. The molecule has 0 saturated carbocycles. The Morgan fingerprint density at radius 1 is 1.21 bits per heavy atom. The topological polar surface area (TPSA) is 111 Å². The lowest BCUT2D eigenvalue weighted by molar-refractivity contribution is 0.440. The molecule has 0 aliphatic carbocycles. The number of hydrogen-bond acceptors (Lipinski definition) is 7. The Bertz CT molecular complexity index is 1010. The molecule has 158 valence electrons. The highest BCUT2D eigenvalue weighted by molar-refractivity contribution is 8.22. The van der Waals surface area contributed by atoms with Crippen molar-refractivity contribution in [3.63, 3.8) is 0 Å². The van der Waals surface area contributed by atoms with Crippen LogP contribution in [0.3, 0.4) is 0 Å². The van der Waals surface area contributed by atoms with Gasteiger partial charge in [-0.15, -0.1) is 10.8 Å². The number of anilines is 1. The van der Waals surface area contributed by atoms with Crippen LogP contribution in [0.15, 0.2) is 47.4 Å². The van der Waals surface area contributed by atoms with Crippen LogP contribution in [0.2, 0.25) is 0 Å². The van der Waals surface area contributed by atoms with Crippen molar-refractivity contribution >= 4 is 26.5 Å². The van der Waals surface area contributed by atoms with Crippen molar-refractivity contribution in [3.8, 4) is 11.5 Å². The molecule has 2 unspecified atom stereocenters. The third-order valence-electron chi connectivity index (χ3n) is 5.11. The lowest BCUT2D eigenvalue weighted by Crippen LogP contribution is -2.46. The molecule has 2 aromatic rings. The Labute approximate surface area is 172 Å². The highest BCUT2D eigenvalue weighted by Crippen LogP contribution is 2.55. The summed E-state index contributed by atoms with van der Waals surface area (Å²) < 4.78 is 55.2. The van der Waals surface area contributed by atoms with Gasteiger partial charge in [0.15, 0.2) is 0 Å². The zero-order chi connectivity index (χ0) is 20.8. The lowest BCUT2D eigenvalue weighted by atomic mass is 10.1. The average molecular weight is 440 g/mol. The molecule has 8 nitrogen and oxygen atoms in total. The first kappa shape index (κ1) is 20.5. The van der Waals surface area contributed by atoms with Crippen LogP contribution in [0.25, 0.3) is 0 Å². The Hall–Kier alpha value is -1.82. The zero-order valence-electron chi connectivity index (χ0n) is 16.2. The minimum absolute atomic E-state index is 0.0469. The Balaban J connectivity index is 1.53. The first-order valence-electron chi connectivity index (χ1n) is 9.34. The first-order chi connectivity index (χ1) is 13.6. The number of fused-ring (bicyclic) bond motifs is 3. The molecule has 0 aromatic heterocycles. The predicted molar refractivity (Wildman–Crippen MR) is 114 cm³/mol. The average Bonchev–Trinajstić information content (AvgIpc) is 3.08. The Morgan fingerprint density at radius 2 is 1.90 bits per heavy atom. The molecule has 1 fully saturated rings. The summed E-state index contributed by atoms with van der Waals surface area (Å²) in [5.74, 6) is 1.07. The van der Waals surface area contributed by atoms with Gasteiger partial charge >= 0.3 is 0 Å². The summed E-state index contributed by atoms with van der Waals surface area (Å²) in [6.45, 7) is 2.64. The van der Waals surface area contributed by atoms with Crippen LogP contribution in [0.5, 0.6) is 11.5 Å². The van der Waals surface area contributed by atoms with Crippen molar-refractivity contribution in [2.75, 3.05) is 17.7 Å². The molecule has 0 amide bonds. The molecule has 0 bridgehead atoms. The second kappa shape index (κ2) is 7.46. The number of nitrogens with one attached hydrogen (secondary N) is 2. The fraction of sp³-hybridized carbons (Fsp3) is 0.368. The van der Waals surface area contributed by atoms with Crippen molar-refractivity contribution in [3.05, 3.63) is 48.0 Å². The number of ether oxygens (including phenoxy) is 1. The third-order valence-corrected chi connectivity index (χ3v) is 7.43. The van der Waals surface area contributed by atoms with Gasteiger partial charge < -0.3 is 9.64 Å². The van der Waals surface area contributed by atoms with E-state index >= 15 is 0 Å². The number of benzene rings is 2. The van der Waals surface area contributed by atoms with Crippen LogP contribution in [-0.4, -0.2) is 36.5 Å². The second-order valence-corrected chi connectivity index (χ2v) is 11.0. The maximum atomic E-state index is 11.4. The fourth-order valence-corrected chi connectivity index (χ4v) is 6.09. The van der Waals surface area contributed by atoms with Crippen LogP contribution in [-0.2, 0) is 10.0 Å². The Morgan fingerprint density at radius 3 is 2.59 bits per heavy atom. The fourth-order valence-electron chi connectivity index (χ4n) is 3.80. The van der Waals surface area contributed by atoms with Gasteiger partial charge in [-0.25, -0.2) is 13.1 Å². The summed E-state index contributed by atoms with van der Waals surface area (Å²) in [6.07, 6.45) is 2.96. The molecule has 29 heavy (non-hydrogen) atoms. The number of rotatable bonds is 5. The van der Waals surface area contributed by atoms with Crippen LogP contribution >= 0.6 is 10.8 Å². The summed E-state index contributed by atoms with van der Waals surface area (Å²) in [6, 6.07) is 12.1. The minimum atomic E-state index is -3.29. The number of hydrogen-bond donors (Lipinski definition) is 4. The molecule has 2 aliphatic rings. The van der Waals surface area contributed by atoms with E-state index in [0.29, 0.717) is 16.4 Å². The third kappa shape index (κ3) is 4.37. The van der Waals surface area contributed by atoms with Gasteiger partial charge in [0.2, 0.25) is 10.0 Å². The van der Waals surface area contributed by atoms with E-state index in [1.807, 2.05) is 12.1 Å². The summed E-state index contributed by atoms with van der Waals surface area (Å²) in [5.41, 5.74) is 1.64. The molecule has 0 spiro atoms. The van der Waals surface area contributed by atoms with E-state index in [9.17, 15) is 17.5 Å². The van der Waals surface area contributed by atoms with Crippen molar-refractivity contribution in [1.82, 2.24) is 9.44 Å².